The lowest BCUT2D eigenvalue weighted by atomic mass is 9.80. The first-order valence-corrected chi connectivity index (χ1v) is 7.33. The molecular formula is C16H24N2O2. The summed E-state index contributed by atoms with van der Waals surface area (Å²) in [7, 11) is 1.55. The quantitative estimate of drug-likeness (QED) is 0.831. The van der Waals surface area contributed by atoms with Gasteiger partial charge in [-0.3, -0.25) is 4.79 Å². The summed E-state index contributed by atoms with van der Waals surface area (Å²) >= 11 is 0. The lowest BCUT2D eigenvalue weighted by Gasteiger charge is -2.28. The molecule has 110 valence electrons. The molecule has 2 unspecified atom stereocenters. The number of anilines is 1. The Morgan fingerprint density at radius 3 is 2.85 bits per heavy atom. The van der Waals surface area contributed by atoms with E-state index in [1.165, 1.54) is 25.7 Å². The lowest BCUT2D eigenvalue weighted by Crippen LogP contribution is -2.33. The topological polar surface area (TPSA) is 64.3 Å². The smallest absolute Gasteiger partial charge is 0.255 e. The summed E-state index contributed by atoms with van der Waals surface area (Å²) in [5.74, 6) is 1.73. The highest BCUT2D eigenvalue weighted by Gasteiger charge is 2.22. The van der Waals surface area contributed by atoms with Crippen LogP contribution in [0.25, 0.3) is 0 Å². The third-order valence-corrected chi connectivity index (χ3v) is 4.28. The highest BCUT2D eigenvalue weighted by Crippen LogP contribution is 2.29. The molecule has 3 N–H and O–H groups in total. The highest BCUT2D eigenvalue weighted by atomic mass is 16.5. The van der Waals surface area contributed by atoms with E-state index in [2.05, 4.69) is 12.2 Å². The molecule has 0 saturated heterocycles. The van der Waals surface area contributed by atoms with Gasteiger partial charge in [0.2, 0.25) is 0 Å². The number of rotatable bonds is 4. The largest absolute Gasteiger partial charge is 0.496 e. The molecule has 20 heavy (non-hydrogen) atoms. The van der Waals surface area contributed by atoms with Gasteiger partial charge in [-0.2, -0.15) is 0 Å². The van der Waals surface area contributed by atoms with Crippen molar-refractivity contribution in [3.63, 3.8) is 0 Å². The Kier molecular flexibility index (Phi) is 4.88. The van der Waals surface area contributed by atoms with Crippen LogP contribution in [0.4, 0.5) is 5.69 Å². The van der Waals surface area contributed by atoms with Crippen LogP contribution in [0.2, 0.25) is 0 Å². The minimum atomic E-state index is -0.0837. The van der Waals surface area contributed by atoms with Crippen LogP contribution in [-0.4, -0.2) is 19.6 Å². The average Bonchev–Trinajstić information content (AvgIpc) is 2.46. The molecule has 0 heterocycles. The second kappa shape index (κ2) is 6.64. The Hall–Kier alpha value is -1.71. The Balaban J connectivity index is 1.98. The first kappa shape index (κ1) is 14.7. The van der Waals surface area contributed by atoms with Crippen molar-refractivity contribution >= 4 is 11.6 Å². The van der Waals surface area contributed by atoms with Crippen LogP contribution in [-0.2, 0) is 0 Å². The molecule has 1 aromatic rings. The van der Waals surface area contributed by atoms with Crippen molar-refractivity contribution in [3.05, 3.63) is 23.8 Å². The Morgan fingerprint density at radius 1 is 1.40 bits per heavy atom. The van der Waals surface area contributed by atoms with Crippen LogP contribution in [0.1, 0.15) is 43.0 Å². The minimum absolute atomic E-state index is 0.0837. The number of carbonyl (C=O) groups is 1. The molecule has 1 aliphatic carbocycles. The second-order valence-electron chi connectivity index (χ2n) is 5.69. The standard InChI is InChI=1S/C16H24N2O2/c1-11-5-3-4-6-12(11)10-18-16(19)14-8-7-13(17)9-15(14)20-2/h7-9,11-12H,3-6,10,17H2,1-2H3,(H,18,19). The summed E-state index contributed by atoms with van der Waals surface area (Å²) in [6, 6.07) is 5.12. The van der Waals surface area contributed by atoms with Gasteiger partial charge in [0.15, 0.2) is 0 Å². The van der Waals surface area contributed by atoms with Crippen molar-refractivity contribution in [1.82, 2.24) is 5.32 Å². The molecule has 0 aromatic heterocycles. The number of nitrogens with one attached hydrogen (secondary N) is 1. The second-order valence-corrected chi connectivity index (χ2v) is 5.69. The van der Waals surface area contributed by atoms with Gasteiger partial charge in [0.05, 0.1) is 12.7 Å². The molecule has 0 bridgehead atoms. The van der Waals surface area contributed by atoms with E-state index < -0.39 is 0 Å². The van der Waals surface area contributed by atoms with Gasteiger partial charge >= 0.3 is 0 Å². The summed E-state index contributed by atoms with van der Waals surface area (Å²) in [6.45, 7) is 3.02. The maximum Gasteiger partial charge on any atom is 0.255 e. The Labute approximate surface area is 120 Å². The van der Waals surface area contributed by atoms with Gasteiger partial charge in [-0.05, 0) is 30.4 Å². The van der Waals surface area contributed by atoms with Gasteiger partial charge in [0.25, 0.3) is 5.91 Å². The number of methoxy groups -OCH3 is 1. The van der Waals surface area contributed by atoms with Gasteiger partial charge in [-0.15, -0.1) is 0 Å². The van der Waals surface area contributed by atoms with E-state index in [-0.39, 0.29) is 5.91 Å². The number of nitrogens with two attached hydrogens (primary N) is 1. The number of hydrogen-bond donors (Lipinski definition) is 2. The molecule has 2 rings (SSSR count). The summed E-state index contributed by atoms with van der Waals surface area (Å²) in [5, 5.41) is 3.03. The van der Waals surface area contributed by atoms with E-state index in [1.807, 2.05) is 0 Å². The number of benzene rings is 1. The van der Waals surface area contributed by atoms with Gasteiger partial charge in [0.1, 0.15) is 5.75 Å². The van der Waals surface area contributed by atoms with E-state index in [9.17, 15) is 4.79 Å². The first-order chi connectivity index (χ1) is 9.61. The van der Waals surface area contributed by atoms with E-state index in [1.54, 1.807) is 25.3 Å². The lowest BCUT2D eigenvalue weighted by molar-refractivity contribution is 0.0933. The van der Waals surface area contributed by atoms with E-state index in [0.29, 0.717) is 28.8 Å². The fourth-order valence-corrected chi connectivity index (χ4v) is 2.91. The zero-order valence-electron chi connectivity index (χ0n) is 12.3. The maximum absolute atomic E-state index is 12.3. The SMILES string of the molecule is COc1cc(N)ccc1C(=O)NCC1CCCCC1C. The van der Waals surface area contributed by atoms with Crippen molar-refractivity contribution in [2.45, 2.75) is 32.6 Å². The van der Waals surface area contributed by atoms with E-state index in [4.69, 9.17) is 10.5 Å². The monoisotopic (exact) mass is 276 g/mol. The fourth-order valence-electron chi connectivity index (χ4n) is 2.91. The minimum Gasteiger partial charge on any atom is -0.496 e. The Bertz CT molecular complexity index is 474. The molecule has 2 atom stereocenters. The summed E-state index contributed by atoms with van der Waals surface area (Å²) in [6.07, 6.45) is 5.07. The van der Waals surface area contributed by atoms with Crippen LogP contribution in [0.5, 0.6) is 5.75 Å². The molecule has 1 amide bonds. The highest BCUT2D eigenvalue weighted by molar-refractivity contribution is 5.97. The molecule has 1 aromatic carbocycles. The van der Waals surface area contributed by atoms with Gasteiger partial charge in [-0.25, -0.2) is 0 Å². The predicted molar refractivity (Wildman–Crippen MR) is 80.9 cm³/mol. The molecule has 0 spiro atoms. The van der Waals surface area contributed by atoms with E-state index in [0.717, 1.165) is 6.54 Å². The average molecular weight is 276 g/mol. The van der Waals surface area contributed by atoms with E-state index >= 15 is 0 Å². The van der Waals surface area contributed by atoms with Gasteiger partial charge in [-0.1, -0.05) is 26.2 Å². The zero-order chi connectivity index (χ0) is 14.5. The van der Waals surface area contributed by atoms with Gasteiger partial charge in [0, 0.05) is 18.3 Å². The number of carbonyl (C=O) groups excluding carboxylic acids is 1. The van der Waals surface area contributed by atoms with Crippen molar-refractivity contribution in [2.75, 3.05) is 19.4 Å². The Morgan fingerprint density at radius 2 is 2.15 bits per heavy atom. The normalized spacial score (nSPS) is 22.3. The van der Waals surface area contributed by atoms with Crippen LogP contribution in [0.15, 0.2) is 18.2 Å². The van der Waals surface area contributed by atoms with Crippen molar-refractivity contribution < 1.29 is 9.53 Å². The third-order valence-electron chi connectivity index (χ3n) is 4.28. The number of nitrogen functional groups attached to an aromatic ring is 1. The van der Waals surface area contributed by atoms with Crippen LogP contribution in [0, 0.1) is 11.8 Å². The molecular weight excluding hydrogens is 252 g/mol. The number of hydrogen-bond acceptors (Lipinski definition) is 3. The number of amides is 1. The summed E-state index contributed by atoms with van der Waals surface area (Å²) < 4.78 is 5.22. The van der Waals surface area contributed by atoms with Crippen LogP contribution < -0.4 is 15.8 Å². The first-order valence-electron chi connectivity index (χ1n) is 7.33. The third kappa shape index (κ3) is 3.44. The number of ether oxygens (including phenoxy) is 1. The maximum atomic E-state index is 12.3. The molecule has 4 nitrogen and oxygen atoms in total. The molecule has 1 aliphatic rings. The molecule has 1 saturated carbocycles. The van der Waals surface area contributed by atoms with Crippen LogP contribution >= 0.6 is 0 Å². The van der Waals surface area contributed by atoms with Crippen molar-refractivity contribution in [3.8, 4) is 5.75 Å². The zero-order valence-corrected chi connectivity index (χ0v) is 12.3. The van der Waals surface area contributed by atoms with Crippen molar-refractivity contribution in [2.24, 2.45) is 11.8 Å². The molecule has 0 aliphatic heterocycles. The molecule has 0 radical (unpaired) electrons. The molecule has 4 heteroatoms. The molecule has 1 fully saturated rings. The summed E-state index contributed by atoms with van der Waals surface area (Å²) in [5.41, 5.74) is 6.84. The fraction of sp³-hybridized carbons (Fsp3) is 0.562. The van der Waals surface area contributed by atoms with Crippen molar-refractivity contribution in [1.29, 1.82) is 0 Å². The summed E-state index contributed by atoms with van der Waals surface area (Å²) in [4.78, 5) is 12.3. The van der Waals surface area contributed by atoms with Gasteiger partial charge < -0.3 is 15.8 Å². The van der Waals surface area contributed by atoms with Crippen LogP contribution in [0.3, 0.4) is 0 Å². The predicted octanol–water partition coefficient (Wildman–Crippen LogP) is 2.83.